The number of nitrogens with zero attached hydrogens (tertiary/aromatic N) is 3. The number of amides is 1. The summed E-state index contributed by atoms with van der Waals surface area (Å²) < 4.78 is 6.45. The van der Waals surface area contributed by atoms with Crippen molar-refractivity contribution in [1.29, 1.82) is 0 Å². The van der Waals surface area contributed by atoms with Crippen LogP contribution in [0.25, 0.3) is 10.2 Å². The Morgan fingerprint density at radius 3 is 2.77 bits per heavy atom. The second-order valence-corrected chi connectivity index (χ2v) is 9.47. The lowest BCUT2D eigenvalue weighted by Gasteiger charge is -2.29. The Kier molecular flexibility index (Phi) is 8.61. The second kappa shape index (κ2) is 11.0. The third kappa shape index (κ3) is 5.53. The molecule has 1 aliphatic rings. The summed E-state index contributed by atoms with van der Waals surface area (Å²) in [5, 5.41) is 1.40. The normalized spacial score (nSPS) is 14.4. The van der Waals surface area contributed by atoms with Gasteiger partial charge in [0.1, 0.15) is 0 Å². The Morgan fingerprint density at radius 1 is 1.29 bits per heavy atom. The molecule has 0 aliphatic carbocycles. The molecule has 9 heteroatoms. The molecule has 4 rings (SSSR count). The van der Waals surface area contributed by atoms with Crippen LogP contribution in [-0.4, -0.2) is 61.4 Å². The first-order valence-electron chi connectivity index (χ1n) is 9.88. The zero-order valence-corrected chi connectivity index (χ0v) is 20.7. The molecule has 0 unspecified atom stereocenters. The number of aryl methyl sites for hydroxylation is 1. The van der Waals surface area contributed by atoms with Crippen LogP contribution in [-0.2, 0) is 4.74 Å². The molecule has 1 amide bonds. The summed E-state index contributed by atoms with van der Waals surface area (Å²) in [4.78, 5) is 23.6. The number of hydrogen-bond donors (Lipinski definition) is 0. The van der Waals surface area contributed by atoms with E-state index in [0.29, 0.717) is 22.3 Å². The van der Waals surface area contributed by atoms with Gasteiger partial charge in [-0.15, -0.1) is 24.2 Å². The monoisotopic (exact) mass is 497 g/mol. The topological polar surface area (TPSA) is 45.7 Å². The summed E-state index contributed by atoms with van der Waals surface area (Å²) in [5.41, 5.74) is 2.63. The number of carbonyl (C=O) groups excluding carboxylic acids is 1. The van der Waals surface area contributed by atoms with E-state index in [-0.39, 0.29) is 18.3 Å². The van der Waals surface area contributed by atoms with Crippen molar-refractivity contribution in [2.45, 2.75) is 11.8 Å². The average Bonchev–Trinajstić information content (AvgIpc) is 3.18. The van der Waals surface area contributed by atoms with Crippen LogP contribution in [0.4, 0.5) is 5.13 Å². The maximum atomic E-state index is 13.6. The van der Waals surface area contributed by atoms with Crippen LogP contribution >= 0.6 is 47.1 Å². The number of carbonyl (C=O) groups is 1. The van der Waals surface area contributed by atoms with Gasteiger partial charge >= 0.3 is 0 Å². The van der Waals surface area contributed by atoms with E-state index in [1.807, 2.05) is 54.5 Å². The molecule has 2 aromatic carbocycles. The SMILES string of the molecule is CSc1ccccc1C(=O)N(CCN1CCOCC1)c1nc2c(C)cc(Cl)cc2s1.Cl. The maximum absolute atomic E-state index is 13.6. The van der Waals surface area contributed by atoms with Crippen molar-refractivity contribution in [3.8, 4) is 0 Å². The predicted octanol–water partition coefficient (Wildman–Crippen LogP) is 5.38. The predicted molar refractivity (Wildman–Crippen MR) is 134 cm³/mol. The molecule has 166 valence electrons. The van der Waals surface area contributed by atoms with Crippen molar-refractivity contribution >= 4 is 68.4 Å². The van der Waals surface area contributed by atoms with Crippen LogP contribution < -0.4 is 4.90 Å². The van der Waals surface area contributed by atoms with Gasteiger partial charge in [0.25, 0.3) is 5.91 Å². The summed E-state index contributed by atoms with van der Waals surface area (Å²) in [7, 11) is 0. The molecule has 1 saturated heterocycles. The summed E-state index contributed by atoms with van der Waals surface area (Å²) >= 11 is 9.35. The Hall–Kier alpha value is -1.35. The fourth-order valence-electron chi connectivity index (χ4n) is 3.58. The molecular formula is C22H25Cl2N3O2S2. The summed E-state index contributed by atoms with van der Waals surface area (Å²) in [6.07, 6.45) is 1.99. The highest BCUT2D eigenvalue weighted by molar-refractivity contribution is 7.98. The molecule has 0 atom stereocenters. The van der Waals surface area contributed by atoms with E-state index in [0.717, 1.165) is 53.5 Å². The number of thiazole rings is 1. The minimum absolute atomic E-state index is 0. The van der Waals surface area contributed by atoms with Crippen molar-refractivity contribution in [1.82, 2.24) is 9.88 Å². The van der Waals surface area contributed by atoms with Crippen LogP contribution in [0.1, 0.15) is 15.9 Å². The summed E-state index contributed by atoms with van der Waals surface area (Å²) in [6.45, 7) is 6.61. The first-order valence-corrected chi connectivity index (χ1v) is 12.3. The Bertz CT molecular complexity index is 1050. The number of fused-ring (bicyclic) bond motifs is 1. The zero-order valence-electron chi connectivity index (χ0n) is 17.5. The third-order valence-electron chi connectivity index (χ3n) is 5.20. The minimum atomic E-state index is -0.0176. The van der Waals surface area contributed by atoms with Gasteiger partial charge in [0.15, 0.2) is 5.13 Å². The first kappa shape index (κ1) is 24.3. The van der Waals surface area contributed by atoms with Gasteiger partial charge < -0.3 is 4.74 Å². The Morgan fingerprint density at radius 2 is 2.03 bits per heavy atom. The summed E-state index contributed by atoms with van der Waals surface area (Å²) in [6, 6.07) is 11.6. The Balaban J connectivity index is 0.00000272. The molecule has 0 saturated carbocycles. The molecule has 0 spiro atoms. The zero-order chi connectivity index (χ0) is 21.1. The van der Waals surface area contributed by atoms with Gasteiger partial charge in [0.05, 0.1) is 29.0 Å². The standard InChI is InChI=1S/C22H24ClN3O2S2.ClH/c1-15-13-16(23)14-19-20(15)24-22(30-19)26(8-7-25-9-11-28-12-10-25)21(27)17-5-3-4-6-18(17)29-2;/h3-6,13-14H,7-12H2,1-2H3;1H. The Labute approximate surface area is 202 Å². The highest BCUT2D eigenvalue weighted by Crippen LogP contribution is 2.34. The van der Waals surface area contributed by atoms with Gasteiger partial charge in [-0.05, 0) is 43.0 Å². The quantitative estimate of drug-likeness (QED) is 0.427. The molecule has 0 bridgehead atoms. The number of aromatic nitrogens is 1. The average molecular weight is 499 g/mol. The maximum Gasteiger partial charge on any atom is 0.261 e. The molecule has 31 heavy (non-hydrogen) atoms. The summed E-state index contributed by atoms with van der Waals surface area (Å²) in [5.74, 6) is -0.0176. The van der Waals surface area contributed by atoms with Crippen molar-refractivity contribution in [2.24, 2.45) is 0 Å². The van der Waals surface area contributed by atoms with Crippen LogP contribution in [0.2, 0.25) is 5.02 Å². The highest BCUT2D eigenvalue weighted by atomic mass is 35.5. The molecule has 2 heterocycles. The number of benzene rings is 2. The van der Waals surface area contributed by atoms with Crippen molar-refractivity contribution in [3.63, 3.8) is 0 Å². The smallest absolute Gasteiger partial charge is 0.261 e. The number of halogens is 2. The number of thioether (sulfide) groups is 1. The van der Waals surface area contributed by atoms with Gasteiger partial charge in [-0.3, -0.25) is 14.6 Å². The molecular weight excluding hydrogens is 473 g/mol. The largest absolute Gasteiger partial charge is 0.379 e. The van der Waals surface area contributed by atoms with E-state index >= 15 is 0 Å². The van der Waals surface area contributed by atoms with E-state index in [4.69, 9.17) is 21.3 Å². The van der Waals surface area contributed by atoms with Crippen molar-refractivity contribution in [3.05, 3.63) is 52.5 Å². The van der Waals surface area contributed by atoms with Crippen molar-refractivity contribution in [2.75, 3.05) is 50.5 Å². The fourth-order valence-corrected chi connectivity index (χ4v) is 5.61. The van der Waals surface area contributed by atoms with Crippen LogP contribution in [0.5, 0.6) is 0 Å². The lowest BCUT2D eigenvalue weighted by atomic mass is 10.2. The molecule has 1 aliphatic heterocycles. The molecule has 0 radical (unpaired) electrons. The van der Waals surface area contributed by atoms with Gasteiger partial charge in [-0.25, -0.2) is 4.98 Å². The van der Waals surface area contributed by atoms with E-state index in [9.17, 15) is 4.79 Å². The third-order valence-corrected chi connectivity index (χ3v) is 7.24. The number of rotatable bonds is 6. The number of hydrogen-bond acceptors (Lipinski definition) is 6. The number of ether oxygens (including phenoxy) is 1. The lowest BCUT2D eigenvalue weighted by Crippen LogP contribution is -2.43. The highest BCUT2D eigenvalue weighted by Gasteiger charge is 2.24. The van der Waals surface area contributed by atoms with Crippen LogP contribution in [0.15, 0.2) is 41.3 Å². The van der Waals surface area contributed by atoms with E-state index in [1.54, 1.807) is 11.8 Å². The number of morpholine rings is 1. The number of anilines is 1. The lowest BCUT2D eigenvalue weighted by molar-refractivity contribution is 0.0391. The van der Waals surface area contributed by atoms with E-state index in [2.05, 4.69) is 4.90 Å². The van der Waals surface area contributed by atoms with E-state index < -0.39 is 0 Å². The van der Waals surface area contributed by atoms with Crippen LogP contribution in [0, 0.1) is 6.92 Å². The second-order valence-electron chi connectivity index (χ2n) is 7.18. The molecule has 0 N–H and O–H groups in total. The molecule has 1 aromatic heterocycles. The molecule has 3 aromatic rings. The van der Waals surface area contributed by atoms with Gasteiger partial charge in [0, 0.05) is 36.1 Å². The van der Waals surface area contributed by atoms with Crippen molar-refractivity contribution < 1.29 is 9.53 Å². The molecule has 5 nitrogen and oxygen atoms in total. The van der Waals surface area contributed by atoms with Gasteiger partial charge in [0.2, 0.25) is 0 Å². The fraction of sp³-hybridized carbons (Fsp3) is 0.364. The van der Waals surface area contributed by atoms with Gasteiger partial charge in [-0.2, -0.15) is 0 Å². The van der Waals surface area contributed by atoms with Gasteiger partial charge in [-0.1, -0.05) is 35.1 Å². The van der Waals surface area contributed by atoms with E-state index in [1.165, 1.54) is 11.3 Å². The minimum Gasteiger partial charge on any atom is -0.379 e. The first-order chi connectivity index (χ1) is 14.6. The molecule has 1 fully saturated rings. The van der Waals surface area contributed by atoms with Crippen LogP contribution in [0.3, 0.4) is 0 Å².